The molecule has 2 heteroatoms. The second kappa shape index (κ2) is 6.26. The minimum atomic E-state index is -0.0315. The molecule has 5 aliphatic rings. The fourth-order valence-electron chi connectivity index (χ4n) is 8.27. The van der Waals surface area contributed by atoms with Gasteiger partial charge in [0.25, 0.3) is 0 Å². The maximum absolute atomic E-state index is 10.6. The van der Waals surface area contributed by atoms with E-state index in [1.165, 1.54) is 77.3 Å². The molecule has 26 heavy (non-hydrogen) atoms. The summed E-state index contributed by atoms with van der Waals surface area (Å²) in [5, 5.41) is 10.6. The van der Waals surface area contributed by atoms with E-state index in [2.05, 4.69) is 24.8 Å². The van der Waals surface area contributed by atoms with Gasteiger partial charge in [-0.25, -0.2) is 0 Å². The van der Waals surface area contributed by atoms with Crippen LogP contribution in [0.5, 0.6) is 0 Å². The van der Waals surface area contributed by atoms with E-state index in [1.54, 1.807) is 5.70 Å². The van der Waals surface area contributed by atoms with Crippen LogP contribution in [0.2, 0.25) is 0 Å². The van der Waals surface area contributed by atoms with Crippen LogP contribution in [0.1, 0.15) is 84.5 Å². The molecule has 0 amide bonds. The molecule has 146 valence electrons. The number of rotatable bonds is 1. The van der Waals surface area contributed by atoms with Crippen LogP contribution in [-0.4, -0.2) is 29.2 Å². The Labute approximate surface area is 160 Å². The van der Waals surface area contributed by atoms with Gasteiger partial charge in [-0.3, -0.25) is 0 Å². The van der Waals surface area contributed by atoms with Crippen LogP contribution < -0.4 is 0 Å². The van der Waals surface area contributed by atoms with Crippen LogP contribution in [0.25, 0.3) is 0 Å². The molecule has 7 atom stereocenters. The third-order valence-corrected chi connectivity index (χ3v) is 10.0. The summed E-state index contributed by atoms with van der Waals surface area (Å²) in [7, 11) is 0. The van der Waals surface area contributed by atoms with Gasteiger partial charge in [-0.05, 0) is 105 Å². The van der Waals surface area contributed by atoms with E-state index in [1.807, 2.05) is 0 Å². The fourth-order valence-corrected chi connectivity index (χ4v) is 8.27. The van der Waals surface area contributed by atoms with Crippen molar-refractivity contribution >= 4 is 0 Å². The highest BCUT2D eigenvalue weighted by molar-refractivity contribution is 5.17. The van der Waals surface area contributed by atoms with Crippen LogP contribution in [0, 0.1) is 34.5 Å². The Morgan fingerprint density at radius 2 is 1.69 bits per heavy atom. The molecule has 0 unspecified atom stereocenters. The number of nitrogens with zero attached hydrogens (tertiary/aromatic N) is 1. The van der Waals surface area contributed by atoms with Gasteiger partial charge in [-0.2, -0.15) is 0 Å². The molecule has 0 radical (unpaired) electrons. The number of fused-ring (bicyclic) bond motifs is 5. The van der Waals surface area contributed by atoms with Gasteiger partial charge >= 0.3 is 0 Å². The molecule has 2 nitrogen and oxygen atoms in total. The van der Waals surface area contributed by atoms with Crippen molar-refractivity contribution in [2.75, 3.05) is 13.1 Å². The molecule has 0 spiro atoms. The van der Waals surface area contributed by atoms with E-state index >= 15 is 0 Å². The van der Waals surface area contributed by atoms with E-state index in [9.17, 15) is 5.11 Å². The summed E-state index contributed by atoms with van der Waals surface area (Å²) in [6, 6.07) is 0. The Kier molecular flexibility index (Phi) is 4.23. The number of hydrogen-bond acceptors (Lipinski definition) is 2. The normalized spacial score (nSPS) is 51.3. The van der Waals surface area contributed by atoms with E-state index in [-0.39, 0.29) is 11.5 Å². The number of aliphatic hydroxyl groups is 1. The average molecular weight is 358 g/mol. The molecule has 3 saturated carbocycles. The Morgan fingerprint density at radius 3 is 2.50 bits per heavy atom. The van der Waals surface area contributed by atoms with E-state index in [4.69, 9.17) is 0 Å². The Balaban J connectivity index is 1.38. The summed E-state index contributed by atoms with van der Waals surface area (Å²) in [5.74, 6) is 3.49. The van der Waals surface area contributed by atoms with Crippen LogP contribution in [0.4, 0.5) is 0 Å². The third-order valence-electron chi connectivity index (χ3n) is 10.0. The number of aliphatic hydroxyl groups excluding tert-OH is 1. The largest absolute Gasteiger partial charge is 0.393 e. The standard InChI is InChI=1S/C24H39NO/c1-23-12-10-18(25-14-4-3-5-15-25)16-17(23)6-7-19-20-8-9-22(26)24(20,2)13-11-21(19)23/h10,17,19-22,26H,3-9,11-16H2,1-2H3/t17-,19+,20+,21+,22-,23+,24+/m1/s1. The Hall–Kier alpha value is -0.500. The second-order valence-corrected chi connectivity index (χ2v) is 10.9. The highest BCUT2D eigenvalue weighted by atomic mass is 16.3. The van der Waals surface area contributed by atoms with Gasteiger partial charge in [0.15, 0.2) is 0 Å². The van der Waals surface area contributed by atoms with Gasteiger partial charge in [-0.1, -0.05) is 19.9 Å². The maximum Gasteiger partial charge on any atom is 0.0596 e. The molecule has 5 rings (SSSR count). The molecule has 4 fully saturated rings. The zero-order chi connectivity index (χ0) is 17.9. The number of likely N-dealkylation sites (tertiary alicyclic amines) is 1. The van der Waals surface area contributed by atoms with Crippen molar-refractivity contribution < 1.29 is 5.11 Å². The summed E-state index contributed by atoms with van der Waals surface area (Å²) in [4.78, 5) is 2.72. The lowest BCUT2D eigenvalue weighted by Crippen LogP contribution is -2.53. The highest BCUT2D eigenvalue weighted by Gasteiger charge is 2.59. The number of allylic oxidation sites excluding steroid dienone is 2. The van der Waals surface area contributed by atoms with Crippen molar-refractivity contribution in [3.8, 4) is 0 Å². The highest BCUT2D eigenvalue weighted by Crippen LogP contribution is 2.66. The van der Waals surface area contributed by atoms with Crippen molar-refractivity contribution in [3.63, 3.8) is 0 Å². The van der Waals surface area contributed by atoms with Crippen molar-refractivity contribution in [2.24, 2.45) is 34.5 Å². The van der Waals surface area contributed by atoms with Crippen molar-refractivity contribution in [1.29, 1.82) is 0 Å². The predicted octanol–water partition coefficient (Wildman–Crippen LogP) is 5.37. The van der Waals surface area contributed by atoms with Crippen molar-refractivity contribution in [2.45, 2.75) is 90.6 Å². The SMILES string of the molecule is C[C@]12CC=C(N3CCCCC3)C[C@H]1CC[C@@H]1[C@@H]2CC[C@]2(C)[C@H](O)CC[C@@H]12. The molecular weight excluding hydrogens is 318 g/mol. The Morgan fingerprint density at radius 1 is 0.923 bits per heavy atom. The van der Waals surface area contributed by atoms with Crippen molar-refractivity contribution in [3.05, 3.63) is 11.8 Å². The van der Waals surface area contributed by atoms with Gasteiger partial charge in [0.05, 0.1) is 6.10 Å². The first-order valence-electron chi connectivity index (χ1n) is 11.6. The number of piperidine rings is 1. The molecular formula is C24H39NO. The van der Waals surface area contributed by atoms with Crippen molar-refractivity contribution in [1.82, 2.24) is 4.90 Å². The van der Waals surface area contributed by atoms with E-state index < -0.39 is 0 Å². The average Bonchev–Trinajstić information content (AvgIpc) is 2.97. The zero-order valence-electron chi connectivity index (χ0n) is 17.1. The lowest BCUT2D eigenvalue weighted by atomic mass is 9.46. The number of hydrogen-bond donors (Lipinski definition) is 1. The van der Waals surface area contributed by atoms with Gasteiger partial charge in [0, 0.05) is 18.8 Å². The first kappa shape index (κ1) is 17.6. The third kappa shape index (κ3) is 2.46. The molecule has 4 aliphatic carbocycles. The van der Waals surface area contributed by atoms with E-state index in [0.717, 1.165) is 30.1 Å². The van der Waals surface area contributed by atoms with Crippen LogP contribution >= 0.6 is 0 Å². The first-order chi connectivity index (χ1) is 12.5. The summed E-state index contributed by atoms with van der Waals surface area (Å²) < 4.78 is 0. The summed E-state index contributed by atoms with van der Waals surface area (Å²) in [6.07, 6.45) is 17.4. The monoisotopic (exact) mass is 357 g/mol. The maximum atomic E-state index is 10.6. The molecule has 0 aromatic heterocycles. The van der Waals surface area contributed by atoms with Gasteiger partial charge in [0.1, 0.15) is 0 Å². The van der Waals surface area contributed by atoms with Crippen LogP contribution in [0.3, 0.4) is 0 Å². The minimum absolute atomic E-state index is 0.0315. The second-order valence-electron chi connectivity index (χ2n) is 10.9. The predicted molar refractivity (Wildman–Crippen MR) is 107 cm³/mol. The van der Waals surface area contributed by atoms with Gasteiger partial charge in [0.2, 0.25) is 0 Å². The molecule has 1 N–H and O–H groups in total. The molecule has 1 saturated heterocycles. The summed E-state index contributed by atoms with van der Waals surface area (Å²) in [5.41, 5.74) is 2.45. The topological polar surface area (TPSA) is 23.5 Å². The minimum Gasteiger partial charge on any atom is -0.393 e. The molecule has 1 aliphatic heterocycles. The summed E-state index contributed by atoms with van der Waals surface area (Å²) >= 11 is 0. The zero-order valence-corrected chi connectivity index (χ0v) is 17.1. The molecule has 0 bridgehead atoms. The first-order valence-corrected chi connectivity index (χ1v) is 11.6. The van der Waals surface area contributed by atoms with Crippen LogP contribution in [-0.2, 0) is 0 Å². The lowest BCUT2D eigenvalue weighted by Gasteiger charge is -2.60. The molecule has 0 aromatic rings. The quantitative estimate of drug-likeness (QED) is 0.682. The van der Waals surface area contributed by atoms with Crippen LogP contribution in [0.15, 0.2) is 11.8 Å². The molecule has 1 heterocycles. The van der Waals surface area contributed by atoms with E-state index in [0.29, 0.717) is 5.41 Å². The molecule has 0 aromatic carbocycles. The Bertz CT molecular complexity index is 579. The summed E-state index contributed by atoms with van der Waals surface area (Å²) in [6.45, 7) is 7.67. The lowest BCUT2D eigenvalue weighted by molar-refractivity contribution is -0.111. The smallest absolute Gasteiger partial charge is 0.0596 e. The fraction of sp³-hybridized carbons (Fsp3) is 0.917. The van der Waals surface area contributed by atoms with Gasteiger partial charge in [-0.15, -0.1) is 0 Å². The van der Waals surface area contributed by atoms with Gasteiger partial charge < -0.3 is 10.0 Å².